The van der Waals surface area contributed by atoms with Crippen LogP contribution in [0.2, 0.25) is 0 Å². The van der Waals surface area contributed by atoms with Gasteiger partial charge in [-0.25, -0.2) is 13.1 Å². The second-order valence-corrected chi connectivity index (χ2v) is 6.11. The quantitative estimate of drug-likeness (QED) is 0.704. The number of hydrogen-bond donors (Lipinski definition) is 2. The van der Waals surface area contributed by atoms with Crippen molar-refractivity contribution in [3.63, 3.8) is 0 Å². The van der Waals surface area contributed by atoms with Gasteiger partial charge >= 0.3 is 5.97 Å². The minimum atomic E-state index is -3.63. The van der Waals surface area contributed by atoms with Crippen molar-refractivity contribution in [2.24, 2.45) is 0 Å². The lowest BCUT2D eigenvalue weighted by Crippen LogP contribution is -2.32. The van der Waals surface area contributed by atoms with Crippen molar-refractivity contribution < 1.29 is 23.1 Å². The maximum atomic E-state index is 12.0. The zero-order valence-corrected chi connectivity index (χ0v) is 12.4. The Bertz CT molecular complexity index is 616. The van der Waals surface area contributed by atoms with E-state index >= 15 is 0 Å². The van der Waals surface area contributed by atoms with Crippen molar-refractivity contribution in [2.45, 2.75) is 30.7 Å². The molecule has 6 nitrogen and oxygen atoms in total. The zero-order chi connectivity index (χ0) is 15.9. The molecular formula is C14H17NO5S. The highest BCUT2D eigenvalue weighted by atomic mass is 32.2. The van der Waals surface area contributed by atoms with Crippen molar-refractivity contribution in [3.05, 3.63) is 24.3 Å². The molecule has 0 saturated heterocycles. The number of hydrogen-bond acceptors (Lipinski definition) is 4. The van der Waals surface area contributed by atoms with Gasteiger partial charge in [0.1, 0.15) is 5.75 Å². The van der Waals surface area contributed by atoms with E-state index in [1.165, 1.54) is 24.3 Å². The number of benzene rings is 1. The van der Waals surface area contributed by atoms with Gasteiger partial charge in [-0.15, -0.1) is 12.3 Å². The summed E-state index contributed by atoms with van der Waals surface area (Å²) in [5, 5.41) is 8.49. The molecular weight excluding hydrogens is 294 g/mol. The molecule has 1 aromatic carbocycles. The standard InChI is InChI=1S/C14H17NO5S/c1-3-4-11(2)15-21(18,19)13-7-5-12(6-8-13)20-10-9-14(16)17/h1,5-8,11,15H,4,9-10H2,2H3,(H,16,17). The van der Waals surface area contributed by atoms with Crippen LogP contribution in [0.4, 0.5) is 0 Å². The van der Waals surface area contributed by atoms with E-state index in [-0.39, 0.29) is 24.0 Å². The number of sulfonamides is 1. The number of ether oxygens (including phenoxy) is 1. The van der Waals surface area contributed by atoms with E-state index in [0.717, 1.165) is 0 Å². The van der Waals surface area contributed by atoms with Crippen LogP contribution in [0.15, 0.2) is 29.2 Å². The second kappa shape index (κ2) is 7.67. The molecule has 114 valence electrons. The van der Waals surface area contributed by atoms with Crippen molar-refractivity contribution in [1.29, 1.82) is 0 Å². The van der Waals surface area contributed by atoms with Gasteiger partial charge in [0.15, 0.2) is 0 Å². The molecule has 0 aliphatic rings. The number of rotatable bonds is 8. The van der Waals surface area contributed by atoms with Crippen LogP contribution in [-0.2, 0) is 14.8 Å². The summed E-state index contributed by atoms with van der Waals surface area (Å²) in [5.41, 5.74) is 0. The van der Waals surface area contributed by atoms with Crippen molar-refractivity contribution in [3.8, 4) is 18.1 Å². The van der Waals surface area contributed by atoms with E-state index in [9.17, 15) is 13.2 Å². The first-order valence-electron chi connectivity index (χ1n) is 6.25. The molecule has 0 spiro atoms. The minimum Gasteiger partial charge on any atom is -0.493 e. The van der Waals surface area contributed by atoms with Gasteiger partial charge in [-0.1, -0.05) is 0 Å². The normalized spacial score (nSPS) is 12.4. The molecule has 1 unspecified atom stereocenters. The van der Waals surface area contributed by atoms with Gasteiger partial charge in [0.05, 0.1) is 17.9 Å². The lowest BCUT2D eigenvalue weighted by molar-refractivity contribution is -0.137. The van der Waals surface area contributed by atoms with Gasteiger partial charge < -0.3 is 9.84 Å². The molecule has 0 aliphatic carbocycles. The first kappa shape index (κ1) is 17.0. The van der Waals surface area contributed by atoms with Crippen LogP contribution in [0.3, 0.4) is 0 Å². The maximum absolute atomic E-state index is 12.0. The summed E-state index contributed by atoms with van der Waals surface area (Å²) in [4.78, 5) is 10.4. The number of carboxylic acids is 1. The van der Waals surface area contributed by atoms with E-state index in [1.54, 1.807) is 6.92 Å². The second-order valence-electron chi connectivity index (χ2n) is 4.39. The average Bonchev–Trinajstić information content (AvgIpc) is 2.38. The van der Waals surface area contributed by atoms with Crippen LogP contribution in [0.25, 0.3) is 0 Å². The third kappa shape index (κ3) is 5.85. The highest BCUT2D eigenvalue weighted by Gasteiger charge is 2.16. The summed E-state index contributed by atoms with van der Waals surface area (Å²) < 4.78 is 31.7. The van der Waals surface area contributed by atoms with E-state index in [2.05, 4.69) is 10.6 Å². The highest BCUT2D eigenvalue weighted by Crippen LogP contribution is 2.16. The van der Waals surface area contributed by atoms with Crippen LogP contribution in [0.5, 0.6) is 5.75 Å². The monoisotopic (exact) mass is 311 g/mol. The average molecular weight is 311 g/mol. The maximum Gasteiger partial charge on any atom is 0.306 e. The molecule has 0 aliphatic heterocycles. The molecule has 0 fully saturated rings. The number of carbonyl (C=O) groups is 1. The molecule has 0 bridgehead atoms. The molecule has 0 aromatic heterocycles. The van der Waals surface area contributed by atoms with Gasteiger partial charge in [0.25, 0.3) is 0 Å². The van der Waals surface area contributed by atoms with Crippen molar-refractivity contribution >= 4 is 16.0 Å². The molecule has 1 rings (SSSR count). The molecule has 7 heteroatoms. The number of nitrogens with one attached hydrogen (secondary N) is 1. The summed E-state index contributed by atoms with van der Waals surface area (Å²) >= 11 is 0. The summed E-state index contributed by atoms with van der Waals surface area (Å²) in [5.74, 6) is 1.84. The summed E-state index contributed by atoms with van der Waals surface area (Å²) in [6.07, 6.45) is 5.31. The first-order chi connectivity index (χ1) is 9.85. The van der Waals surface area contributed by atoms with Gasteiger partial charge in [-0.3, -0.25) is 4.79 Å². The van der Waals surface area contributed by atoms with Gasteiger partial charge in [0, 0.05) is 12.5 Å². The molecule has 1 atom stereocenters. The Morgan fingerprint density at radius 2 is 2.05 bits per heavy atom. The van der Waals surface area contributed by atoms with Crippen LogP contribution < -0.4 is 9.46 Å². The van der Waals surface area contributed by atoms with E-state index in [1.807, 2.05) is 0 Å². The van der Waals surface area contributed by atoms with Crippen LogP contribution in [0.1, 0.15) is 19.8 Å². The third-order valence-corrected chi connectivity index (χ3v) is 4.10. The highest BCUT2D eigenvalue weighted by molar-refractivity contribution is 7.89. The number of aliphatic carboxylic acids is 1. The predicted octanol–water partition coefficient (Wildman–Crippen LogP) is 1.23. The minimum absolute atomic E-state index is 0.0267. The largest absolute Gasteiger partial charge is 0.493 e. The molecule has 0 radical (unpaired) electrons. The summed E-state index contributed by atoms with van der Waals surface area (Å²) in [6.45, 7) is 1.71. The Kier molecular flexibility index (Phi) is 6.21. The Balaban J connectivity index is 2.68. The fraction of sp³-hybridized carbons (Fsp3) is 0.357. The van der Waals surface area contributed by atoms with E-state index < -0.39 is 16.0 Å². The lowest BCUT2D eigenvalue weighted by Gasteiger charge is -2.12. The van der Waals surface area contributed by atoms with Gasteiger partial charge in [0.2, 0.25) is 10.0 Å². The molecule has 21 heavy (non-hydrogen) atoms. The van der Waals surface area contributed by atoms with E-state index in [0.29, 0.717) is 12.2 Å². The van der Waals surface area contributed by atoms with Crippen LogP contribution >= 0.6 is 0 Å². The number of carboxylic acid groups (broad SMARTS) is 1. The number of terminal acetylenes is 1. The molecule has 0 heterocycles. The predicted molar refractivity (Wildman–Crippen MR) is 77.4 cm³/mol. The zero-order valence-electron chi connectivity index (χ0n) is 11.6. The Hall–Kier alpha value is -2.04. The molecule has 2 N–H and O–H groups in total. The summed E-state index contributed by atoms with van der Waals surface area (Å²) in [6, 6.07) is 5.37. The van der Waals surface area contributed by atoms with Gasteiger partial charge in [-0.05, 0) is 31.2 Å². The SMILES string of the molecule is C#CCC(C)NS(=O)(=O)c1ccc(OCCC(=O)O)cc1. The molecule has 1 aromatic rings. The fourth-order valence-corrected chi connectivity index (χ4v) is 2.77. The topological polar surface area (TPSA) is 92.7 Å². The fourth-order valence-electron chi connectivity index (χ4n) is 1.52. The Morgan fingerprint density at radius 3 is 2.57 bits per heavy atom. The van der Waals surface area contributed by atoms with E-state index in [4.69, 9.17) is 16.3 Å². The Labute approximate surface area is 124 Å². The molecule has 0 amide bonds. The molecule has 0 saturated carbocycles. The lowest BCUT2D eigenvalue weighted by atomic mass is 10.3. The van der Waals surface area contributed by atoms with Crippen LogP contribution in [-0.4, -0.2) is 32.1 Å². The van der Waals surface area contributed by atoms with Crippen molar-refractivity contribution in [1.82, 2.24) is 4.72 Å². The van der Waals surface area contributed by atoms with Crippen LogP contribution in [0, 0.1) is 12.3 Å². The third-order valence-electron chi connectivity index (χ3n) is 2.50. The first-order valence-corrected chi connectivity index (χ1v) is 7.74. The smallest absolute Gasteiger partial charge is 0.306 e. The van der Waals surface area contributed by atoms with Gasteiger partial charge in [-0.2, -0.15) is 0 Å². The Morgan fingerprint density at radius 1 is 1.43 bits per heavy atom. The van der Waals surface area contributed by atoms with Crippen molar-refractivity contribution in [2.75, 3.05) is 6.61 Å². The summed E-state index contributed by atoms with van der Waals surface area (Å²) in [7, 11) is -3.63.